The van der Waals surface area contributed by atoms with Gasteiger partial charge in [0.1, 0.15) is 11.3 Å². The van der Waals surface area contributed by atoms with Gasteiger partial charge in [-0.3, -0.25) is 4.79 Å². The van der Waals surface area contributed by atoms with E-state index in [9.17, 15) is 14.7 Å². The van der Waals surface area contributed by atoms with Gasteiger partial charge >= 0.3 is 5.97 Å². The van der Waals surface area contributed by atoms with Gasteiger partial charge in [0, 0.05) is 31.9 Å². The zero-order chi connectivity index (χ0) is 24.0. The molecule has 1 aromatic heterocycles. The number of fused-ring (bicyclic) bond motifs is 1. The monoisotopic (exact) mass is 468 g/mol. The van der Waals surface area contributed by atoms with E-state index in [1.165, 1.54) is 10.8 Å². The lowest BCUT2D eigenvalue weighted by atomic mass is 10.0. The predicted octanol–water partition coefficient (Wildman–Crippen LogP) is 3.71. The molecule has 34 heavy (non-hydrogen) atoms. The molecule has 1 atom stereocenters. The van der Waals surface area contributed by atoms with Gasteiger partial charge in [0.15, 0.2) is 11.6 Å². The van der Waals surface area contributed by atoms with Crippen molar-refractivity contribution in [3.8, 4) is 0 Å². The SMILES string of the molecule is NCC1CCN(c2c(F)c(NCc3ccccc3)c3c(=O)c(C(=O)O)cn(C4CC4)c3c2F)C1. The topological polar surface area (TPSA) is 101 Å². The maximum atomic E-state index is 16.1. The summed E-state index contributed by atoms with van der Waals surface area (Å²) in [4.78, 5) is 26.7. The van der Waals surface area contributed by atoms with Crippen molar-refractivity contribution < 1.29 is 18.7 Å². The molecule has 1 aliphatic carbocycles. The van der Waals surface area contributed by atoms with Crippen LogP contribution in [0.4, 0.5) is 20.2 Å². The Balaban J connectivity index is 1.77. The minimum atomic E-state index is -1.43. The van der Waals surface area contributed by atoms with E-state index in [2.05, 4.69) is 5.32 Å². The Morgan fingerprint density at radius 3 is 2.50 bits per heavy atom. The number of pyridine rings is 1. The zero-order valence-corrected chi connectivity index (χ0v) is 18.6. The first-order chi connectivity index (χ1) is 16.4. The highest BCUT2D eigenvalue weighted by molar-refractivity contribution is 6.00. The fourth-order valence-electron chi connectivity index (χ4n) is 4.78. The van der Waals surface area contributed by atoms with Gasteiger partial charge in [0.25, 0.3) is 0 Å². The van der Waals surface area contributed by atoms with E-state index in [0.29, 0.717) is 26.1 Å². The highest BCUT2D eigenvalue weighted by Gasteiger charge is 2.35. The molecule has 0 bridgehead atoms. The van der Waals surface area contributed by atoms with Gasteiger partial charge in [-0.05, 0) is 37.3 Å². The lowest BCUT2D eigenvalue weighted by molar-refractivity contribution is 0.0695. The third-order valence-electron chi connectivity index (χ3n) is 6.75. The molecular formula is C25H26F2N4O3. The zero-order valence-electron chi connectivity index (χ0n) is 18.6. The van der Waals surface area contributed by atoms with Crippen LogP contribution in [0.1, 0.15) is 41.2 Å². The molecule has 3 aromatic rings. The Morgan fingerprint density at radius 1 is 1.15 bits per heavy atom. The quantitative estimate of drug-likeness (QED) is 0.489. The molecule has 7 nitrogen and oxygen atoms in total. The summed E-state index contributed by atoms with van der Waals surface area (Å²) in [5, 5.41) is 12.3. The number of rotatable bonds is 7. The lowest BCUT2D eigenvalue weighted by Crippen LogP contribution is -2.27. The Bertz CT molecular complexity index is 1320. The number of nitrogens with one attached hydrogen (secondary N) is 1. The van der Waals surface area contributed by atoms with Crippen LogP contribution in [0.3, 0.4) is 0 Å². The lowest BCUT2D eigenvalue weighted by Gasteiger charge is -2.25. The Labute approximate surface area is 194 Å². The molecule has 0 radical (unpaired) electrons. The van der Waals surface area contributed by atoms with Gasteiger partial charge in [-0.15, -0.1) is 0 Å². The van der Waals surface area contributed by atoms with Crippen molar-refractivity contribution in [3.05, 3.63) is 69.5 Å². The first-order valence-corrected chi connectivity index (χ1v) is 11.5. The number of anilines is 2. The van der Waals surface area contributed by atoms with Crippen LogP contribution in [-0.4, -0.2) is 35.3 Å². The van der Waals surface area contributed by atoms with Gasteiger partial charge in [0.2, 0.25) is 5.43 Å². The second-order valence-corrected chi connectivity index (χ2v) is 9.07. The smallest absolute Gasteiger partial charge is 0.341 e. The fraction of sp³-hybridized carbons (Fsp3) is 0.360. The molecule has 1 saturated heterocycles. The van der Waals surface area contributed by atoms with E-state index >= 15 is 8.78 Å². The van der Waals surface area contributed by atoms with Crippen LogP contribution in [0.15, 0.2) is 41.3 Å². The van der Waals surface area contributed by atoms with Crippen LogP contribution in [0, 0.1) is 17.6 Å². The summed E-state index contributed by atoms with van der Waals surface area (Å²) in [6.45, 7) is 1.46. The van der Waals surface area contributed by atoms with Crippen LogP contribution in [0.5, 0.6) is 0 Å². The number of halogens is 2. The van der Waals surface area contributed by atoms with E-state index in [1.54, 1.807) is 4.90 Å². The number of hydrogen-bond acceptors (Lipinski definition) is 5. The van der Waals surface area contributed by atoms with Crippen LogP contribution in [0.2, 0.25) is 0 Å². The third kappa shape index (κ3) is 3.79. The summed E-state index contributed by atoms with van der Waals surface area (Å²) < 4.78 is 33.6. The second kappa shape index (κ2) is 8.72. The molecule has 178 valence electrons. The summed E-state index contributed by atoms with van der Waals surface area (Å²) in [5.74, 6) is -3.03. The first kappa shape index (κ1) is 22.3. The van der Waals surface area contributed by atoms with E-state index in [0.717, 1.165) is 18.4 Å². The van der Waals surface area contributed by atoms with Gasteiger partial charge < -0.3 is 25.6 Å². The average Bonchev–Trinajstić information content (AvgIpc) is 3.57. The third-order valence-corrected chi connectivity index (χ3v) is 6.75. The molecule has 4 N–H and O–H groups in total. The molecule has 1 aliphatic heterocycles. The number of nitrogens with zero attached hydrogens (tertiary/aromatic N) is 2. The molecule has 9 heteroatoms. The number of benzene rings is 2. The van der Waals surface area contributed by atoms with Crippen molar-refractivity contribution in [2.75, 3.05) is 29.9 Å². The van der Waals surface area contributed by atoms with Crippen molar-refractivity contribution in [2.45, 2.75) is 31.8 Å². The van der Waals surface area contributed by atoms with E-state index in [1.807, 2.05) is 30.3 Å². The second-order valence-electron chi connectivity index (χ2n) is 9.07. The molecule has 2 fully saturated rings. The molecule has 2 heterocycles. The number of nitrogens with two attached hydrogens (primary N) is 1. The summed E-state index contributed by atoms with van der Waals surface area (Å²) in [7, 11) is 0. The van der Waals surface area contributed by atoms with Crippen LogP contribution in [0.25, 0.3) is 10.9 Å². The highest BCUT2D eigenvalue weighted by Crippen LogP contribution is 2.43. The Kier molecular flexibility index (Phi) is 5.73. The van der Waals surface area contributed by atoms with Gasteiger partial charge in [-0.1, -0.05) is 30.3 Å². The Morgan fingerprint density at radius 2 is 1.88 bits per heavy atom. The molecule has 5 rings (SSSR count). The van der Waals surface area contributed by atoms with Gasteiger partial charge in [-0.25, -0.2) is 13.6 Å². The highest BCUT2D eigenvalue weighted by atomic mass is 19.1. The number of hydrogen-bond donors (Lipinski definition) is 3. The normalized spacial score (nSPS) is 18.0. The molecule has 2 aliphatic rings. The summed E-state index contributed by atoms with van der Waals surface area (Å²) >= 11 is 0. The number of carboxylic acid groups (broad SMARTS) is 1. The molecule has 0 amide bonds. The Hall–Kier alpha value is -3.46. The van der Waals surface area contributed by atoms with Crippen LogP contribution >= 0.6 is 0 Å². The van der Waals surface area contributed by atoms with E-state index in [4.69, 9.17) is 5.73 Å². The molecule has 1 unspecified atom stereocenters. The number of carbonyl (C=O) groups is 1. The standard InChI is InChI=1S/C25H26F2N4O3/c26-19-21(29-11-14-4-2-1-3-5-14)18-22(20(27)23(19)30-9-8-15(10-28)12-30)31(16-6-7-16)13-17(24(18)32)25(33)34/h1-5,13,15-16,29H,6-12,28H2,(H,33,34). The minimum absolute atomic E-state index is 0.0549. The van der Waals surface area contributed by atoms with Gasteiger partial charge in [-0.2, -0.15) is 0 Å². The summed E-state index contributed by atoms with van der Waals surface area (Å²) in [5.41, 5.74) is 4.80. The molecule has 0 spiro atoms. The average molecular weight is 469 g/mol. The number of aromatic nitrogens is 1. The molecule has 1 saturated carbocycles. The van der Waals surface area contributed by atoms with E-state index in [-0.39, 0.29) is 40.8 Å². The van der Waals surface area contributed by atoms with Crippen LogP contribution < -0.4 is 21.4 Å². The molecular weight excluding hydrogens is 442 g/mol. The van der Waals surface area contributed by atoms with Gasteiger partial charge in [0.05, 0.1) is 16.6 Å². The predicted molar refractivity (Wildman–Crippen MR) is 126 cm³/mol. The largest absolute Gasteiger partial charge is 0.477 e. The van der Waals surface area contributed by atoms with Crippen molar-refractivity contribution in [3.63, 3.8) is 0 Å². The first-order valence-electron chi connectivity index (χ1n) is 11.5. The fourth-order valence-corrected chi connectivity index (χ4v) is 4.78. The van der Waals surface area contributed by atoms with Crippen LogP contribution in [-0.2, 0) is 6.54 Å². The summed E-state index contributed by atoms with van der Waals surface area (Å²) in [6.07, 6.45) is 3.38. The van der Waals surface area contributed by atoms with Crippen molar-refractivity contribution >= 4 is 28.2 Å². The van der Waals surface area contributed by atoms with Crippen molar-refractivity contribution in [2.24, 2.45) is 11.7 Å². The van der Waals surface area contributed by atoms with Crippen molar-refractivity contribution in [1.82, 2.24) is 4.57 Å². The van der Waals surface area contributed by atoms with E-state index < -0.39 is 28.6 Å². The number of aromatic carboxylic acids is 1. The maximum Gasteiger partial charge on any atom is 0.341 e. The van der Waals surface area contributed by atoms with Crippen molar-refractivity contribution in [1.29, 1.82) is 0 Å². The minimum Gasteiger partial charge on any atom is -0.477 e. The number of carboxylic acids is 1. The maximum absolute atomic E-state index is 16.1. The molecule has 2 aromatic carbocycles. The summed E-state index contributed by atoms with van der Waals surface area (Å²) in [6, 6.07) is 9.07.